The molecule has 0 radical (unpaired) electrons. The Bertz CT molecular complexity index is 621. The van der Waals surface area contributed by atoms with E-state index < -0.39 is 11.9 Å². The lowest BCUT2D eigenvalue weighted by molar-refractivity contribution is -0.141. The minimum atomic E-state index is -4.52. The average molecular weight is 395 g/mol. The van der Waals surface area contributed by atoms with Gasteiger partial charge in [0.15, 0.2) is 0 Å². The molecular formula is C11H9F3IN5. The molecule has 2 aromatic rings. The minimum absolute atomic E-state index is 0.167. The highest BCUT2D eigenvalue weighted by molar-refractivity contribution is 14.1. The summed E-state index contributed by atoms with van der Waals surface area (Å²) in [6, 6.07) is 3.93. The molecule has 0 aliphatic rings. The molecule has 1 aromatic heterocycles. The Kier molecular flexibility index (Phi) is 3.88. The van der Waals surface area contributed by atoms with Gasteiger partial charge in [0.25, 0.3) is 0 Å². The quantitative estimate of drug-likeness (QED) is 0.538. The smallest absolute Gasteiger partial charge is 0.397 e. The summed E-state index contributed by atoms with van der Waals surface area (Å²) >= 11 is 1.97. The third-order valence-electron chi connectivity index (χ3n) is 2.36. The SMILES string of the molecule is Nc1cc(Nc2nccc(C(F)(F)F)n2)cc(I)c1N. The van der Waals surface area contributed by atoms with Gasteiger partial charge in [0.05, 0.1) is 11.4 Å². The molecule has 0 saturated carbocycles. The predicted octanol–water partition coefficient (Wildman–Crippen LogP) is 3.01. The van der Waals surface area contributed by atoms with Gasteiger partial charge in [-0.2, -0.15) is 13.2 Å². The molecule has 2 rings (SSSR count). The van der Waals surface area contributed by atoms with E-state index in [2.05, 4.69) is 15.3 Å². The molecule has 0 unspecified atom stereocenters. The molecule has 20 heavy (non-hydrogen) atoms. The van der Waals surface area contributed by atoms with Gasteiger partial charge in [0.2, 0.25) is 5.95 Å². The zero-order valence-corrected chi connectivity index (χ0v) is 12.0. The molecule has 0 fully saturated rings. The Morgan fingerprint density at radius 2 is 1.90 bits per heavy atom. The number of rotatable bonds is 2. The van der Waals surface area contributed by atoms with Crippen LogP contribution < -0.4 is 16.8 Å². The number of aromatic nitrogens is 2. The molecule has 0 atom stereocenters. The fourth-order valence-corrected chi connectivity index (χ4v) is 2.06. The van der Waals surface area contributed by atoms with E-state index in [1.807, 2.05) is 22.6 Å². The normalized spacial score (nSPS) is 11.4. The van der Waals surface area contributed by atoms with E-state index in [4.69, 9.17) is 11.5 Å². The highest BCUT2D eigenvalue weighted by Crippen LogP contribution is 2.30. The lowest BCUT2D eigenvalue weighted by Crippen LogP contribution is -2.10. The van der Waals surface area contributed by atoms with E-state index in [9.17, 15) is 13.2 Å². The van der Waals surface area contributed by atoms with Crippen LogP contribution in [0.1, 0.15) is 5.69 Å². The highest BCUT2D eigenvalue weighted by Gasteiger charge is 2.32. The van der Waals surface area contributed by atoms with Gasteiger partial charge in [-0.15, -0.1) is 0 Å². The van der Waals surface area contributed by atoms with Crippen molar-refractivity contribution in [2.75, 3.05) is 16.8 Å². The summed E-state index contributed by atoms with van der Waals surface area (Å²) in [5, 5.41) is 2.66. The van der Waals surface area contributed by atoms with E-state index >= 15 is 0 Å². The topological polar surface area (TPSA) is 89.8 Å². The number of nitrogens with zero attached hydrogens (tertiary/aromatic N) is 2. The van der Waals surface area contributed by atoms with Crippen molar-refractivity contribution in [3.63, 3.8) is 0 Å². The number of nitrogens with one attached hydrogen (secondary N) is 1. The van der Waals surface area contributed by atoms with Crippen LogP contribution in [0.5, 0.6) is 0 Å². The first-order chi connectivity index (χ1) is 9.27. The molecule has 0 aliphatic carbocycles. The monoisotopic (exact) mass is 395 g/mol. The highest BCUT2D eigenvalue weighted by atomic mass is 127. The minimum Gasteiger partial charge on any atom is -0.397 e. The maximum absolute atomic E-state index is 12.5. The summed E-state index contributed by atoms with van der Waals surface area (Å²) in [6.07, 6.45) is -3.49. The third kappa shape index (κ3) is 3.21. The lowest BCUT2D eigenvalue weighted by atomic mass is 10.2. The van der Waals surface area contributed by atoms with Gasteiger partial charge >= 0.3 is 6.18 Å². The Morgan fingerprint density at radius 3 is 2.50 bits per heavy atom. The van der Waals surface area contributed by atoms with E-state index in [0.717, 1.165) is 12.3 Å². The van der Waals surface area contributed by atoms with Crippen molar-refractivity contribution in [3.05, 3.63) is 33.7 Å². The van der Waals surface area contributed by atoms with Crippen LogP contribution in [0.15, 0.2) is 24.4 Å². The van der Waals surface area contributed by atoms with Crippen molar-refractivity contribution < 1.29 is 13.2 Å². The molecule has 5 nitrogen and oxygen atoms in total. The van der Waals surface area contributed by atoms with Crippen LogP contribution in [0.3, 0.4) is 0 Å². The summed E-state index contributed by atoms with van der Waals surface area (Å²) in [5.41, 5.74) is 11.6. The van der Waals surface area contributed by atoms with Crippen molar-refractivity contribution in [2.24, 2.45) is 0 Å². The second-order valence-corrected chi connectivity index (χ2v) is 5.01. The molecule has 0 aliphatic heterocycles. The van der Waals surface area contributed by atoms with Gasteiger partial charge in [-0.1, -0.05) is 0 Å². The first kappa shape index (κ1) is 14.6. The van der Waals surface area contributed by atoms with Crippen molar-refractivity contribution in [1.29, 1.82) is 0 Å². The number of anilines is 4. The number of nitrogen functional groups attached to an aromatic ring is 2. The molecule has 9 heteroatoms. The van der Waals surface area contributed by atoms with E-state index in [1.54, 1.807) is 6.07 Å². The van der Waals surface area contributed by atoms with Crippen LogP contribution in [-0.2, 0) is 6.18 Å². The predicted molar refractivity (Wildman–Crippen MR) is 78.3 cm³/mol. The molecule has 0 spiro atoms. The number of hydrogen-bond acceptors (Lipinski definition) is 5. The van der Waals surface area contributed by atoms with Crippen molar-refractivity contribution >= 4 is 45.6 Å². The molecule has 1 heterocycles. The summed E-state index contributed by atoms with van der Waals surface area (Å²) in [6.45, 7) is 0. The molecule has 0 saturated heterocycles. The molecular weight excluding hydrogens is 386 g/mol. The van der Waals surface area contributed by atoms with Crippen molar-refractivity contribution in [1.82, 2.24) is 9.97 Å². The summed E-state index contributed by atoms with van der Waals surface area (Å²) in [7, 11) is 0. The van der Waals surface area contributed by atoms with Gasteiger partial charge in [-0.05, 0) is 40.8 Å². The number of alkyl halides is 3. The summed E-state index contributed by atoms with van der Waals surface area (Å²) in [5.74, 6) is -0.167. The summed E-state index contributed by atoms with van der Waals surface area (Å²) < 4.78 is 38.3. The van der Waals surface area contributed by atoms with Crippen molar-refractivity contribution in [3.8, 4) is 0 Å². The van der Waals surface area contributed by atoms with Crippen LogP contribution >= 0.6 is 22.6 Å². The van der Waals surface area contributed by atoms with Gasteiger partial charge in [0.1, 0.15) is 5.69 Å². The fourth-order valence-electron chi connectivity index (χ4n) is 1.42. The molecule has 1 aromatic carbocycles. The van der Waals surface area contributed by atoms with E-state index in [1.165, 1.54) is 6.07 Å². The Hall–Kier alpha value is -1.78. The number of benzene rings is 1. The summed E-state index contributed by atoms with van der Waals surface area (Å²) in [4.78, 5) is 7.13. The molecule has 5 N–H and O–H groups in total. The number of hydrogen-bond donors (Lipinski definition) is 3. The lowest BCUT2D eigenvalue weighted by Gasteiger charge is -2.10. The average Bonchev–Trinajstić information content (AvgIpc) is 2.35. The zero-order valence-electron chi connectivity index (χ0n) is 9.87. The second kappa shape index (κ2) is 5.31. The maximum atomic E-state index is 12.5. The van der Waals surface area contributed by atoms with Gasteiger partial charge in [-0.3, -0.25) is 0 Å². The van der Waals surface area contributed by atoms with Crippen LogP contribution in [0.25, 0.3) is 0 Å². The van der Waals surface area contributed by atoms with Gasteiger partial charge < -0.3 is 16.8 Å². The standard InChI is InChI=1S/C11H9F3IN5/c12-11(13,14)8-1-2-18-10(20-8)19-5-3-6(15)9(17)7(16)4-5/h1-4H,16-17H2,(H,18,19,20). The molecule has 0 bridgehead atoms. The van der Waals surface area contributed by atoms with Crippen molar-refractivity contribution in [2.45, 2.75) is 6.18 Å². The molecule has 106 valence electrons. The van der Waals surface area contributed by atoms with Crippen LogP contribution in [0.2, 0.25) is 0 Å². The van der Waals surface area contributed by atoms with E-state index in [0.29, 0.717) is 20.6 Å². The Labute approximate surface area is 125 Å². The van der Waals surface area contributed by atoms with Crippen LogP contribution in [-0.4, -0.2) is 9.97 Å². The second-order valence-electron chi connectivity index (χ2n) is 3.85. The van der Waals surface area contributed by atoms with Gasteiger partial charge in [-0.25, -0.2) is 9.97 Å². The largest absolute Gasteiger partial charge is 0.433 e. The zero-order chi connectivity index (χ0) is 14.9. The van der Waals surface area contributed by atoms with Crippen LogP contribution in [0, 0.1) is 3.57 Å². The maximum Gasteiger partial charge on any atom is 0.433 e. The fraction of sp³-hybridized carbons (Fsp3) is 0.0909. The van der Waals surface area contributed by atoms with Crippen LogP contribution in [0.4, 0.5) is 36.2 Å². The number of nitrogens with two attached hydrogens (primary N) is 2. The third-order valence-corrected chi connectivity index (χ3v) is 3.26. The Morgan fingerprint density at radius 1 is 1.20 bits per heavy atom. The number of halogens is 4. The first-order valence-electron chi connectivity index (χ1n) is 5.29. The first-order valence-corrected chi connectivity index (χ1v) is 6.37. The van der Waals surface area contributed by atoms with E-state index in [-0.39, 0.29) is 5.95 Å². The Balaban J connectivity index is 2.31. The molecule has 0 amide bonds. The van der Waals surface area contributed by atoms with Gasteiger partial charge in [0, 0.05) is 15.5 Å².